The molecule has 0 aromatic heterocycles. The van der Waals surface area contributed by atoms with Crippen LogP contribution in [0.4, 0.5) is 9.18 Å². The Hall–Kier alpha value is -1.82. The molecule has 1 aromatic carbocycles. The number of alkyl carbamates (subject to hydrolysis) is 1. The van der Waals surface area contributed by atoms with Gasteiger partial charge in [0.25, 0.3) is 0 Å². The minimum absolute atomic E-state index is 0.0161. The number of hydrogen-bond donors (Lipinski definition) is 2. The highest BCUT2D eigenvalue weighted by atomic mass is 19.1. The van der Waals surface area contributed by atoms with E-state index in [-0.39, 0.29) is 18.5 Å². The van der Waals surface area contributed by atoms with E-state index in [0.29, 0.717) is 24.2 Å². The summed E-state index contributed by atoms with van der Waals surface area (Å²) in [4.78, 5) is 11.9. The molecule has 2 rings (SSSR count). The highest BCUT2D eigenvalue weighted by Crippen LogP contribution is 2.37. The molecule has 23 heavy (non-hydrogen) atoms. The van der Waals surface area contributed by atoms with Gasteiger partial charge in [0.2, 0.25) is 0 Å². The number of aliphatic hydroxyl groups is 1. The van der Waals surface area contributed by atoms with Crippen LogP contribution in [-0.2, 0) is 11.2 Å². The second kappa shape index (κ2) is 6.74. The van der Waals surface area contributed by atoms with Crippen LogP contribution in [0.5, 0.6) is 5.75 Å². The topological polar surface area (TPSA) is 67.8 Å². The third kappa shape index (κ3) is 4.58. The van der Waals surface area contributed by atoms with Crippen molar-refractivity contribution < 1.29 is 23.8 Å². The van der Waals surface area contributed by atoms with Gasteiger partial charge >= 0.3 is 6.09 Å². The zero-order chi connectivity index (χ0) is 17.2. The van der Waals surface area contributed by atoms with E-state index in [4.69, 9.17) is 14.6 Å². The number of fused-ring (bicyclic) bond motifs is 1. The van der Waals surface area contributed by atoms with Crippen LogP contribution in [0, 0.1) is 5.82 Å². The molecule has 1 aliphatic rings. The lowest BCUT2D eigenvalue weighted by atomic mass is 10.0. The largest absolute Gasteiger partial charge is 0.489 e. The number of amides is 1. The van der Waals surface area contributed by atoms with Gasteiger partial charge in [-0.3, -0.25) is 0 Å². The molecule has 1 heterocycles. The average Bonchev–Trinajstić information content (AvgIpc) is 2.77. The van der Waals surface area contributed by atoms with Gasteiger partial charge in [-0.1, -0.05) is 0 Å². The number of nitrogens with one attached hydrogen (secondary N) is 1. The van der Waals surface area contributed by atoms with E-state index in [1.807, 2.05) is 0 Å². The zero-order valence-corrected chi connectivity index (χ0v) is 14.0. The van der Waals surface area contributed by atoms with E-state index in [2.05, 4.69) is 5.32 Å². The first kappa shape index (κ1) is 17.5. The summed E-state index contributed by atoms with van der Waals surface area (Å²) in [6, 6.07) is 2.35. The van der Waals surface area contributed by atoms with Crippen LogP contribution < -0.4 is 10.1 Å². The summed E-state index contributed by atoms with van der Waals surface area (Å²) in [5, 5.41) is 11.7. The van der Waals surface area contributed by atoms with Gasteiger partial charge in [-0.05, 0) is 39.8 Å². The Morgan fingerprint density at radius 3 is 2.83 bits per heavy atom. The Labute approximate surface area is 135 Å². The molecule has 5 nitrogen and oxygen atoms in total. The number of rotatable bonds is 4. The quantitative estimate of drug-likeness (QED) is 0.892. The highest BCUT2D eigenvalue weighted by Gasteiger charge is 2.29. The number of benzene rings is 1. The Kier molecular flexibility index (Phi) is 5.14. The maximum absolute atomic E-state index is 13.9. The summed E-state index contributed by atoms with van der Waals surface area (Å²) < 4.78 is 24.9. The van der Waals surface area contributed by atoms with E-state index in [1.54, 1.807) is 27.7 Å². The monoisotopic (exact) mass is 325 g/mol. The van der Waals surface area contributed by atoms with Crippen LogP contribution in [0.1, 0.15) is 51.3 Å². The first-order valence-electron chi connectivity index (χ1n) is 7.79. The van der Waals surface area contributed by atoms with Crippen molar-refractivity contribution in [3.8, 4) is 5.75 Å². The van der Waals surface area contributed by atoms with Crippen LogP contribution in [-0.4, -0.2) is 29.5 Å². The van der Waals surface area contributed by atoms with Crippen LogP contribution in [0.3, 0.4) is 0 Å². The molecule has 0 saturated heterocycles. The van der Waals surface area contributed by atoms with Crippen LogP contribution in [0.15, 0.2) is 12.1 Å². The second-order valence-corrected chi connectivity index (χ2v) is 6.81. The van der Waals surface area contributed by atoms with Crippen molar-refractivity contribution >= 4 is 6.09 Å². The molecule has 0 saturated carbocycles. The summed E-state index contributed by atoms with van der Waals surface area (Å²) in [6.07, 6.45) is 0.320. The van der Waals surface area contributed by atoms with Crippen LogP contribution in [0.25, 0.3) is 0 Å². The fourth-order valence-electron chi connectivity index (χ4n) is 2.61. The fraction of sp³-hybridized carbons (Fsp3) is 0.588. The number of ether oxygens (including phenoxy) is 2. The van der Waals surface area contributed by atoms with Gasteiger partial charge in [0.1, 0.15) is 23.3 Å². The van der Waals surface area contributed by atoms with Crippen molar-refractivity contribution in [2.24, 2.45) is 0 Å². The Morgan fingerprint density at radius 1 is 1.52 bits per heavy atom. The summed E-state index contributed by atoms with van der Waals surface area (Å²) in [5.41, 5.74) is 0.735. The average molecular weight is 325 g/mol. The summed E-state index contributed by atoms with van der Waals surface area (Å²) in [6.45, 7) is 7.10. The van der Waals surface area contributed by atoms with E-state index in [0.717, 1.165) is 5.56 Å². The Morgan fingerprint density at radius 2 is 2.22 bits per heavy atom. The molecule has 6 heteroatoms. The predicted octanol–water partition coefficient (Wildman–Crippen LogP) is 3.10. The summed E-state index contributed by atoms with van der Waals surface area (Å²) >= 11 is 0. The van der Waals surface area contributed by atoms with Crippen LogP contribution in [0.2, 0.25) is 0 Å². The number of halogens is 1. The SMILES string of the molecule is C[C@@H](NC(=O)OC(C)(C)C)c1cc(F)cc2c1OC(CCO)C2. The lowest BCUT2D eigenvalue weighted by Gasteiger charge is -2.23. The molecule has 2 atom stereocenters. The lowest BCUT2D eigenvalue weighted by Crippen LogP contribution is -2.34. The van der Waals surface area contributed by atoms with E-state index in [9.17, 15) is 9.18 Å². The minimum atomic E-state index is -0.601. The predicted molar refractivity (Wildman–Crippen MR) is 84.0 cm³/mol. The molecule has 1 amide bonds. The molecule has 0 bridgehead atoms. The third-order valence-electron chi connectivity index (χ3n) is 3.54. The second-order valence-electron chi connectivity index (χ2n) is 6.81. The zero-order valence-electron chi connectivity index (χ0n) is 14.0. The maximum atomic E-state index is 13.9. The highest BCUT2D eigenvalue weighted by molar-refractivity contribution is 5.68. The van der Waals surface area contributed by atoms with E-state index >= 15 is 0 Å². The molecule has 0 fully saturated rings. The minimum Gasteiger partial charge on any atom is -0.489 e. The summed E-state index contributed by atoms with van der Waals surface area (Å²) in [5.74, 6) is 0.221. The normalized spacial score (nSPS) is 18.1. The van der Waals surface area contributed by atoms with Gasteiger partial charge in [-0.15, -0.1) is 0 Å². The smallest absolute Gasteiger partial charge is 0.408 e. The standard InChI is InChI=1S/C17H24FNO4/c1-10(19-16(21)23-17(2,3)4)14-9-12(18)7-11-8-13(5-6-20)22-15(11)14/h7,9-10,13,20H,5-6,8H2,1-4H3,(H,19,21)/t10-,13?/m1/s1. The van der Waals surface area contributed by atoms with Crippen LogP contribution >= 0.6 is 0 Å². The number of aliphatic hydroxyl groups excluding tert-OH is 1. The fourth-order valence-corrected chi connectivity index (χ4v) is 2.61. The molecule has 1 aliphatic heterocycles. The molecule has 2 N–H and O–H groups in total. The van der Waals surface area contributed by atoms with Crippen molar-refractivity contribution in [1.29, 1.82) is 0 Å². The first-order valence-corrected chi connectivity index (χ1v) is 7.79. The third-order valence-corrected chi connectivity index (χ3v) is 3.54. The molecule has 0 spiro atoms. The van der Waals surface area contributed by atoms with Crippen molar-refractivity contribution in [2.75, 3.05) is 6.61 Å². The number of hydrogen-bond acceptors (Lipinski definition) is 4. The van der Waals surface area contributed by atoms with Gasteiger partial charge in [0.15, 0.2) is 0 Å². The van der Waals surface area contributed by atoms with Gasteiger partial charge in [0.05, 0.1) is 6.04 Å². The molecule has 128 valence electrons. The molecule has 1 aromatic rings. The molecular formula is C17H24FNO4. The van der Waals surface area contributed by atoms with Crippen molar-refractivity contribution in [1.82, 2.24) is 5.32 Å². The number of carbonyl (C=O) groups excluding carboxylic acids is 1. The molecule has 1 unspecified atom stereocenters. The lowest BCUT2D eigenvalue weighted by molar-refractivity contribution is 0.0507. The molecule has 0 aliphatic carbocycles. The van der Waals surface area contributed by atoms with Crippen molar-refractivity contribution in [3.63, 3.8) is 0 Å². The van der Waals surface area contributed by atoms with Gasteiger partial charge in [-0.2, -0.15) is 0 Å². The van der Waals surface area contributed by atoms with Gasteiger partial charge < -0.3 is 19.9 Å². The van der Waals surface area contributed by atoms with Gasteiger partial charge in [0, 0.05) is 30.6 Å². The molecular weight excluding hydrogens is 301 g/mol. The Balaban J connectivity index is 2.16. The van der Waals surface area contributed by atoms with Crippen molar-refractivity contribution in [3.05, 3.63) is 29.1 Å². The maximum Gasteiger partial charge on any atom is 0.408 e. The Bertz CT molecular complexity index is 583. The number of carbonyl (C=O) groups is 1. The van der Waals surface area contributed by atoms with E-state index in [1.165, 1.54) is 12.1 Å². The molecule has 0 radical (unpaired) electrons. The first-order chi connectivity index (χ1) is 10.7. The summed E-state index contributed by atoms with van der Waals surface area (Å²) in [7, 11) is 0. The van der Waals surface area contributed by atoms with Gasteiger partial charge in [-0.25, -0.2) is 9.18 Å². The van der Waals surface area contributed by atoms with E-state index < -0.39 is 17.7 Å². The van der Waals surface area contributed by atoms with Crippen molar-refractivity contribution in [2.45, 2.75) is 58.3 Å².